The highest BCUT2D eigenvalue weighted by Crippen LogP contribution is 2.58. The zero-order valence-corrected chi connectivity index (χ0v) is 11.4. The summed E-state index contributed by atoms with van der Waals surface area (Å²) in [6, 6.07) is 1.05. The van der Waals surface area contributed by atoms with E-state index in [1.807, 2.05) is 0 Å². The van der Waals surface area contributed by atoms with Crippen LogP contribution in [0.2, 0.25) is 0 Å². The van der Waals surface area contributed by atoms with Crippen molar-refractivity contribution in [3.8, 4) is 0 Å². The summed E-state index contributed by atoms with van der Waals surface area (Å²) in [6.07, 6.45) is 4.06. The molecule has 1 saturated heterocycles. The molecule has 3 nitrogen and oxygen atoms in total. The molecule has 7 atom stereocenters. The molecule has 7 unspecified atom stereocenters. The molecule has 0 amide bonds. The first-order valence-electron chi connectivity index (χ1n) is 7.33. The summed E-state index contributed by atoms with van der Waals surface area (Å²) in [5.74, 6) is 3.17. The van der Waals surface area contributed by atoms with E-state index in [0.717, 1.165) is 30.5 Å². The van der Waals surface area contributed by atoms with Crippen LogP contribution < -0.4 is 16.4 Å². The summed E-state index contributed by atoms with van der Waals surface area (Å²) in [5.41, 5.74) is 6.60. The Morgan fingerprint density at radius 1 is 1.41 bits per heavy atom. The molecule has 0 radical (unpaired) electrons. The van der Waals surface area contributed by atoms with Gasteiger partial charge in [0, 0.05) is 24.3 Å². The van der Waals surface area contributed by atoms with Crippen LogP contribution in [0.5, 0.6) is 0 Å². The zero-order chi connectivity index (χ0) is 12.2. The average molecular weight is 237 g/mol. The first kappa shape index (κ1) is 11.9. The summed E-state index contributed by atoms with van der Waals surface area (Å²) < 4.78 is 0. The van der Waals surface area contributed by atoms with Crippen LogP contribution in [0, 0.1) is 23.7 Å². The lowest BCUT2D eigenvalue weighted by atomic mass is 9.73. The van der Waals surface area contributed by atoms with Crippen LogP contribution in [0.4, 0.5) is 0 Å². The molecule has 98 valence electrons. The Labute approximate surface area is 105 Å². The average Bonchev–Trinajstić information content (AvgIpc) is 2.80. The number of hydrogen-bond acceptors (Lipinski definition) is 3. The smallest absolute Gasteiger partial charge is 0.0460 e. The van der Waals surface area contributed by atoms with Gasteiger partial charge in [-0.1, -0.05) is 13.3 Å². The standard InChI is InChI=1S/C14H27N3/c1-4-9-10-5-6-11-13(10)14(3,17-7-16-11)12(9)8(2)15/h8-13,16-17H,4-7,15H2,1-3H3. The number of hydrogen-bond donors (Lipinski definition) is 3. The summed E-state index contributed by atoms with van der Waals surface area (Å²) in [7, 11) is 0. The molecule has 2 aliphatic carbocycles. The van der Waals surface area contributed by atoms with E-state index < -0.39 is 0 Å². The predicted molar refractivity (Wildman–Crippen MR) is 70.5 cm³/mol. The van der Waals surface area contributed by atoms with Gasteiger partial charge in [-0.05, 0) is 50.4 Å². The Bertz CT molecular complexity index is 304. The largest absolute Gasteiger partial charge is 0.328 e. The van der Waals surface area contributed by atoms with Crippen molar-refractivity contribution < 1.29 is 0 Å². The van der Waals surface area contributed by atoms with Crippen LogP contribution in [-0.2, 0) is 0 Å². The Kier molecular flexibility index (Phi) is 2.77. The van der Waals surface area contributed by atoms with Crippen LogP contribution in [0.15, 0.2) is 0 Å². The summed E-state index contributed by atoms with van der Waals surface area (Å²) in [4.78, 5) is 0. The lowest BCUT2D eigenvalue weighted by molar-refractivity contribution is 0.109. The highest BCUT2D eigenvalue weighted by atomic mass is 15.2. The molecule has 3 rings (SSSR count). The molecule has 4 N–H and O–H groups in total. The fourth-order valence-electron chi connectivity index (χ4n) is 5.64. The van der Waals surface area contributed by atoms with Crippen LogP contribution in [0.1, 0.15) is 40.0 Å². The van der Waals surface area contributed by atoms with Crippen molar-refractivity contribution in [1.29, 1.82) is 0 Å². The maximum atomic E-state index is 6.33. The monoisotopic (exact) mass is 237 g/mol. The highest BCUT2D eigenvalue weighted by molar-refractivity contribution is 5.18. The maximum absolute atomic E-state index is 6.33. The molecule has 0 aromatic carbocycles. The molecule has 0 spiro atoms. The number of nitrogens with one attached hydrogen (secondary N) is 2. The van der Waals surface area contributed by atoms with Gasteiger partial charge in [-0.3, -0.25) is 5.32 Å². The molecule has 0 aromatic heterocycles. The van der Waals surface area contributed by atoms with Gasteiger partial charge in [-0.2, -0.15) is 0 Å². The second-order valence-corrected chi connectivity index (χ2v) is 6.67. The van der Waals surface area contributed by atoms with Gasteiger partial charge < -0.3 is 11.1 Å². The third-order valence-electron chi connectivity index (χ3n) is 5.97. The Hall–Kier alpha value is -0.120. The molecule has 3 fully saturated rings. The molecule has 3 heteroatoms. The molecule has 0 aromatic rings. The van der Waals surface area contributed by atoms with E-state index in [1.54, 1.807) is 0 Å². The summed E-state index contributed by atoms with van der Waals surface area (Å²) >= 11 is 0. The Morgan fingerprint density at radius 3 is 2.82 bits per heavy atom. The van der Waals surface area contributed by atoms with Crippen LogP contribution in [0.3, 0.4) is 0 Å². The van der Waals surface area contributed by atoms with Gasteiger partial charge in [0.25, 0.3) is 0 Å². The molecule has 2 saturated carbocycles. The zero-order valence-electron chi connectivity index (χ0n) is 11.4. The molecule has 1 heterocycles. The molecular formula is C14H27N3. The molecule has 3 aliphatic rings. The van der Waals surface area contributed by atoms with Crippen molar-refractivity contribution in [2.75, 3.05) is 6.67 Å². The van der Waals surface area contributed by atoms with Gasteiger partial charge in [0.05, 0.1) is 0 Å². The molecular weight excluding hydrogens is 210 g/mol. The minimum Gasteiger partial charge on any atom is -0.328 e. The second-order valence-electron chi connectivity index (χ2n) is 6.67. The fourth-order valence-corrected chi connectivity index (χ4v) is 5.64. The predicted octanol–water partition coefficient (Wildman–Crippen LogP) is 1.29. The van der Waals surface area contributed by atoms with E-state index in [0.29, 0.717) is 12.0 Å². The third-order valence-corrected chi connectivity index (χ3v) is 5.97. The lowest BCUT2D eigenvalue weighted by Crippen LogP contribution is -2.65. The van der Waals surface area contributed by atoms with Crippen LogP contribution in [-0.4, -0.2) is 24.3 Å². The van der Waals surface area contributed by atoms with Gasteiger partial charge in [0.2, 0.25) is 0 Å². The van der Waals surface area contributed by atoms with Gasteiger partial charge in [-0.25, -0.2) is 0 Å². The third kappa shape index (κ3) is 1.45. The van der Waals surface area contributed by atoms with Gasteiger partial charge in [0.15, 0.2) is 0 Å². The van der Waals surface area contributed by atoms with Crippen molar-refractivity contribution in [2.24, 2.45) is 29.4 Å². The first-order valence-corrected chi connectivity index (χ1v) is 7.33. The normalized spacial score (nSPS) is 54.7. The van der Waals surface area contributed by atoms with Crippen LogP contribution in [0.25, 0.3) is 0 Å². The van der Waals surface area contributed by atoms with E-state index in [-0.39, 0.29) is 5.54 Å². The molecule has 1 aliphatic heterocycles. The van der Waals surface area contributed by atoms with Gasteiger partial charge in [0.1, 0.15) is 0 Å². The minimum absolute atomic E-state index is 0.270. The Balaban J connectivity index is 2.00. The van der Waals surface area contributed by atoms with E-state index in [4.69, 9.17) is 5.73 Å². The number of rotatable bonds is 2. The van der Waals surface area contributed by atoms with Gasteiger partial charge >= 0.3 is 0 Å². The van der Waals surface area contributed by atoms with Crippen molar-refractivity contribution in [1.82, 2.24) is 10.6 Å². The summed E-state index contributed by atoms with van der Waals surface area (Å²) in [5, 5.41) is 7.42. The first-order chi connectivity index (χ1) is 8.09. The lowest BCUT2D eigenvalue weighted by Gasteiger charge is -2.46. The van der Waals surface area contributed by atoms with Crippen LogP contribution >= 0.6 is 0 Å². The van der Waals surface area contributed by atoms with E-state index in [1.165, 1.54) is 19.3 Å². The fraction of sp³-hybridized carbons (Fsp3) is 1.00. The highest BCUT2D eigenvalue weighted by Gasteiger charge is 2.62. The topological polar surface area (TPSA) is 50.1 Å². The van der Waals surface area contributed by atoms with Gasteiger partial charge in [-0.15, -0.1) is 0 Å². The van der Waals surface area contributed by atoms with E-state index in [9.17, 15) is 0 Å². The summed E-state index contributed by atoms with van der Waals surface area (Å²) in [6.45, 7) is 7.96. The van der Waals surface area contributed by atoms with E-state index in [2.05, 4.69) is 31.4 Å². The second kappa shape index (κ2) is 3.94. The van der Waals surface area contributed by atoms with Crippen molar-refractivity contribution in [3.05, 3.63) is 0 Å². The quantitative estimate of drug-likeness (QED) is 0.678. The van der Waals surface area contributed by atoms with Crippen molar-refractivity contribution in [2.45, 2.75) is 57.7 Å². The Morgan fingerprint density at radius 2 is 2.18 bits per heavy atom. The van der Waals surface area contributed by atoms with Crippen molar-refractivity contribution in [3.63, 3.8) is 0 Å². The molecule has 0 bridgehead atoms. The van der Waals surface area contributed by atoms with E-state index >= 15 is 0 Å². The maximum Gasteiger partial charge on any atom is 0.0460 e. The number of nitrogens with two attached hydrogens (primary N) is 1. The minimum atomic E-state index is 0.270. The van der Waals surface area contributed by atoms with Crippen molar-refractivity contribution >= 4 is 0 Å². The SMILES string of the molecule is CCC1C2CCC3NCNC(C)(C1C(C)N)C32. The molecule has 17 heavy (non-hydrogen) atoms.